The van der Waals surface area contributed by atoms with E-state index in [-0.39, 0.29) is 22.9 Å². The first-order valence-electron chi connectivity index (χ1n) is 6.48. The Bertz CT molecular complexity index is 253. The van der Waals surface area contributed by atoms with Gasteiger partial charge in [0.25, 0.3) is 0 Å². The maximum atomic E-state index is 12.0. The second kappa shape index (κ2) is 6.81. The minimum absolute atomic E-state index is 0. The van der Waals surface area contributed by atoms with Crippen molar-refractivity contribution in [2.45, 2.75) is 65.8 Å². The Kier molecular flexibility index (Phi) is 6.81. The molecule has 0 spiro atoms. The third-order valence-corrected chi connectivity index (χ3v) is 3.64. The van der Waals surface area contributed by atoms with Crippen molar-refractivity contribution in [3.63, 3.8) is 0 Å². The molecule has 1 fully saturated rings. The summed E-state index contributed by atoms with van der Waals surface area (Å²) >= 11 is 0. The van der Waals surface area contributed by atoms with E-state index < -0.39 is 0 Å². The van der Waals surface area contributed by atoms with E-state index in [1.807, 2.05) is 6.92 Å². The first kappa shape index (κ1) is 17.0. The van der Waals surface area contributed by atoms with Gasteiger partial charge in [0, 0.05) is 29.3 Å². The summed E-state index contributed by atoms with van der Waals surface area (Å²) in [4.78, 5) is 14.1. The number of hydrogen-bond donors (Lipinski definition) is 0. The Labute approximate surface area is 117 Å². The van der Waals surface area contributed by atoms with Crippen molar-refractivity contribution in [1.29, 1.82) is 0 Å². The van der Waals surface area contributed by atoms with Gasteiger partial charge in [-0.2, -0.15) is 19.8 Å². The zero-order valence-electron chi connectivity index (χ0n) is 11.9. The Balaban J connectivity index is 0.00000256. The second-order valence-corrected chi connectivity index (χ2v) is 5.93. The summed E-state index contributed by atoms with van der Waals surface area (Å²) in [6, 6.07) is 0. The van der Waals surface area contributed by atoms with Crippen LogP contribution in [0, 0.1) is 11.8 Å². The average Bonchev–Trinajstić information content (AvgIpc) is 2.14. The SMILES string of the molecule is CCC(=O)N1CC[C-](C)CC(C)CC1(C)C.[Cr]. The fourth-order valence-corrected chi connectivity index (χ4v) is 2.99. The summed E-state index contributed by atoms with van der Waals surface area (Å²) in [6.45, 7) is 11.8. The second-order valence-electron chi connectivity index (χ2n) is 5.93. The van der Waals surface area contributed by atoms with Crippen LogP contribution < -0.4 is 0 Å². The molecule has 2 nitrogen and oxygen atoms in total. The summed E-state index contributed by atoms with van der Waals surface area (Å²) in [5.41, 5.74) is 0.0210. The predicted octanol–water partition coefficient (Wildman–Crippen LogP) is 3.42. The van der Waals surface area contributed by atoms with Crippen LogP contribution in [-0.4, -0.2) is 22.9 Å². The molecule has 1 aliphatic rings. The first-order chi connectivity index (χ1) is 7.36. The van der Waals surface area contributed by atoms with Crippen molar-refractivity contribution < 1.29 is 22.2 Å². The van der Waals surface area contributed by atoms with E-state index in [1.165, 1.54) is 12.3 Å². The fourth-order valence-electron chi connectivity index (χ4n) is 2.99. The quantitative estimate of drug-likeness (QED) is 0.672. The molecule has 0 aromatic carbocycles. The molecule has 0 bridgehead atoms. The van der Waals surface area contributed by atoms with Gasteiger partial charge in [-0.3, -0.25) is 4.79 Å². The van der Waals surface area contributed by atoms with E-state index >= 15 is 0 Å². The summed E-state index contributed by atoms with van der Waals surface area (Å²) in [7, 11) is 0. The fraction of sp³-hybridized carbons (Fsp3) is 0.857. The van der Waals surface area contributed by atoms with Crippen LogP contribution in [0.3, 0.4) is 0 Å². The van der Waals surface area contributed by atoms with Crippen molar-refractivity contribution in [3.05, 3.63) is 5.92 Å². The Morgan fingerprint density at radius 2 is 2.06 bits per heavy atom. The van der Waals surface area contributed by atoms with Crippen molar-refractivity contribution in [2.75, 3.05) is 6.54 Å². The largest absolute Gasteiger partial charge is 0.340 e. The van der Waals surface area contributed by atoms with Crippen LogP contribution in [0.1, 0.15) is 60.3 Å². The van der Waals surface area contributed by atoms with Crippen molar-refractivity contribution in [2.24, 2.45) is 5.92 Å². The van der Waals surface area contributed by atoms with Crippen LogP contribution in [-0.2, 0) is 22.2 Å². The number of likely N-dealkylation sites (tertiary alicyclic amines) is 1. The third kappa shape index (κ3) is 4.64. The molecule has 3 heteroatoms. The van der Waals surface area contributed by atoms with E-state index in [1.54, 1.807) is 0 Å². The molecule has 17 heavy (non-hydrogen) atoms. The number of nitrogens with zero attached hydrogens (tertiary/aromatic N) is 1. The molecule has 1 rings (SSSR count). The molecule has 0 N–H and O–H groups in total. The first-order valence-corrected chi connectivity index (χ1v) is 6.48. The van der Waals surface area contributed by atoms with Crippen LogP contribution in [0.5, 0.6) is 0 Å². The van der Waals surface area contributed by atoms with E-state index in [9.17, 15) is 4.79 Å². The van der Waals surface area contributed by atoms with Gasteiger partial charge in [-0.05, 0) is 26.8 Å². The molecular formula is C14H26CrNO-. The van der Waals surface area contributed by atoms with E-state index in [0.29, 0.717) is 18.2 Å². The number of carbonyl (C=O) groups is 1. The summed E-state index contributed by atoms with van der Waals surface area (Å²) in [6.07, 6.45) is 4.02. The van der Waals surface area contributed by atoms with E-state index in [2.05, 4.69) is 32.6 Å². The summed E-state index contributed by atoms with van der Waals surface area (Å²) in [5.74, 6) is 2.52. The smallest absolute Gasteiger partial charge is 0.222 e. The molecule has 0 aromatic rings. The molecule has 1 heterocycles. The molecule has 1 aliphatic heterocycles. The van der Waals surface area contributed by atoms with Crippen LogP contribution in [0.15, 0.2) is 0 Å². The maximum Gasteiger partial charge on any atom is 0.222 e. The van der Waals surface area contributed by atoms with Crippen LogP contribution in [0.25, 0.3) is 0 Å². The Hall–Kier alpha value is 0.00247. The number of carbonyl (C=O) groups excluding carboxylic acids is 1. The van der Waals surface area contributed by atoms with Crippen molar-refractivity contribution in [3.8, 4) is 0 Å². The molecule has 1 atom stereocenters. The topological polar surface area (TPSA) is 20.3 Å². The number of rotatable bonds is 1. The van der Waals surface area contributed by atoms with Gasteiger partial charge in [0.1, 0.15) is 0 Å². The molecule has 100 valence electrons. The Morgan fingerprint density at radius 1 is 1.47 bits per heavy atom. The van der Waals surface area contributed by atoms with Gasteiger partial charge in [0.15, 0.2) is 0 Å². The monoisotopic (exact) mass is 276 g/mol. The minimum Gasteiger partial charge on any atom is -0.340 e. The van der Waals surface area contributed by atoms with E-state index in [4.69, 9.17) is 0 Å². The normalized spacial score (nSPS) is 25.7. The van der Waals surface area contributed by atoms with Crippen LogP contribution in [0.2, 0.25) is 0 Å². The van der Waals surface area contributed by atoms with Gasteiger partial charge in [0.2, 0.25) is 5.91 Å². The zero-order valence-corrected chi connectivity index (χ0v) is 13.2. The third-order valence-electron chi connectivity index (χ3n) is 3.64. The number of hydrogen-bond acceptors (Lipinski definition) is 1. The summed E-state index contributed by atoms with van der Waals surface area (Å²) in [5, 5.41) is 0. The van der Waals surface area contributed by atoms with Gasteiger partial charge in [-0.1, -0.05) is 19.8 Å². The zero-order chi connectivity index (χ0) is 12.3. The average molecular weight is 276 g/mol. The van der Waals surface area contributed by atoms with Crippen LogP contribution in [0.4, 0.5) is 0 Å². The molecule has 0 saturated carbocycles. The summed E-state index contributed by atoms with van der Waals surface area (Å²) < 4.78 is 0. The van der Waals surface area contributed by atoms with Gasteiger partial charge in [-0.15, -0.1) is 0 Å². The van der Waals surface area contributed by atoms with Crippen molar-refractivity contribution >= 4 is 5.91 Å². The molecule has 0 radical (unpaired) electrons. The van der Waals surface area contributed by atoms with Gasteiger partial charge in [-0.25, -0.2) is 0 Å². The van der Waals surface area contributed by atoms with Crippen molar-refractivity contribution in [1.82, 2.24) is 4.90 Å². The van der Waals surface area contributed by atoms with Gasteiger partial charge in [0.05, 0.1) is 0 Å². The van der Waals surface area contributed by atoms with Crippen LogP contribution >= 0.6 is 0 Å². The molecule has 1 saturated heterocycles. The number of amides is 1. The molecule has 0 aliphatic carbocycles. The standard InChI is InChI=1S/C14H26NO.Cr/c1-6-13(16)15-8-7-11(2)9-12(3)10-14(15,4)5;/h12H,6-10H2,1-5H3;/q-1;. The maximum absolute atomic E-state index is 12.0. The van der Waals surface area contributed by atoms with Gasteiger partial charge >= 0.3 is 0 Å². The molecular weight excluding hydrogens is 250 g/mol. The predicted molar refractivity (Wildman–Crippen MR) is 68.0 cm³/mol. The molecule has 0 aromatic heterocycles. The van der Waals surface area contributed by atoms with Gasteiger partial charge < -0.3 is 10.8 Å². The molecule has 1 amide bonds. The molecule has 1 unspecified atom stereocenters. The minimum atomic E-state index is 0. The van der Waals surface area contributed by atoms with E-state index in [0.717, 1.165) is 19.4 Å². The Morgan fingerprint density at radius 3 is 2.59 bits per heavy atom.